The molecule has 1 heterocycles. The van der Waals surface area contributed by atoms with Gasteiger partial charge in [0.2, 0.25) is 0 Å². The summed E-state index contributed by atoms with van der Waals surface area (Å²) in [4.78, 5) is 23.4. The molecule has 26 heavy (non-hydrogen) atoms. The van der Waals surface area contributed by atoms with E-state index >= 15 is 0 Å². The first kappa shape index (κ1) is 17.7. The third kappa shape index (κ3) is 3.91. The number of aliphatic carboxylic acids is 1. The summed E-state index contributed by atoms with van der Waals surface area (Å²) in [6.45, 7) is 4.49. The highest BCUT2D eigenvalue weighted by Gasteiger charge is 2.15. The number of nitrogens with one attached hydrogen (secondary N) is 1. The van der Waals surface area contributed by atoms with Gasteiger partial charge in [0.15, 0.2) is 0 Å². The average Bonchev–Trinajstić information content (AvgIpc) is 3.08. The van der Waals surface area contributed by atoms with Crippen molar-refractivity contribution in [3.63, 3.8) is 0 Å². The molecule has 0 radical (unpaired) electrons. The minimum atomic E-state index is -0.876. The first-order valence-electron chi connectivity index (χ1n) is 8.50. The van der Waals surface area contributed by atoms with E-state index < -0.39 is 11.9 Å². The Hall–Kier alpha value is -3.15. The first-order valence-corrected chi connectivity index (χ1v) is 8.50. The molecule has 0 saturated carbocycles. The number of carboxylic acid groups (broad SMARTS) is 1. The minimum Gasteiger partial charge on any atom is -0.481 e. The Balaban J connectivity index is 1.65. The van der Waals surface area contributed by atoms with E-state index in [0.717, 1.165) is 24.4 Å². The minimum absolute atomic E-state index is 0.211. The van der Waals surface area contributed by atoms with Crippen molar-refractivity contribution in [2.75, 3.05) is 16.9 Å². The zero-order chi connectivity index (χ0) is 18.7. The summed E-state index contributed by atoms with van der Waals surface area (Å²) in [6, 6.07) is 14.2. The molecule has 6 heteroatoms. The van der Waals surface area contributed by atoms with Crippen molar-refractivity contribution in [3.8, 4) is 0 Å². The maximum absolute atomic E-state index is 12.4. The van der Waals surface area contributed by atoms with E-state index in [2.05, 4.69) is 10.4 Å². The lowest BCUT2D eigenvalue weighted by Crippen LogP contribution is -2.14. The number of carbonyl (C=O) groups is 2. The molecule has 0 saturated heterocycles. The Morgan fingerprint density at radius 3 is 2.31 bits per heavy atom. The molecule has 134 valence electrons. The van der Waals surface area contributed by atoms with Crippen LogP contribution < -0.4 is 10.3 Å². The molecular weight excluding hydrogens is 330 g/mol. The van der Waals surface area contributed by atoms with Gasteiger partial charge in [-0.05, 0) is 55.8 Å². The predicted octanol–water partition coefficient (Wildman–Crippen LogP) is 3.71. The van der Waals surface area contributed by atoms with Crippen molar-refractivity contribution in [1.82, 2.24) is 0 Å². The zero-order valence-corrected chi connectivity index (χ0v) is 14.8. The Kier molecular flexibility index (Phi) is 5.02. The van der Waals surface area contributed by atoms with E-state index in [-0.39, 0.29) is 5.91 Å². The van der Waals surface area contributed by atoms with E-state index in [9.17, 15) is 9.59 Å². The summed E-state index contributed by atoms with van der Waals surface area (Å²) >= 11 is 0. The van der Waals surface area contributed by atoms with E-state index in [1.54, 1.807) is 43.3 Å². The van der Waals surface area contributed by atoms with E-state index in [0.29, 0.717) is 16.8 Å². The largest absolute Gasteiger partial charge is 0.481 e. The number of amides is 1. The standard InChI is InChI=1S/C20H21N3O3/c1-13-11-12-23(22-13)18-9-5-16(6-10-18)19(24)21-17-7-3-15(4-8-17)14(2)20(25)26/h3-10,14H,11-12H2,1-2H3,(H,21,24)(H,25,26). The molecule has 1 aliphatic heterocycles. The summed E-state index contributed by atoms with van der Waals surface area (Å²) in [5.41, 5.74) is 3.94. The number of hydrogen-bond acceptors (Lipinski definition) is 4. The number of benzene rings is 2. The van der Waals surface area contributed by atoms with Gasteiger partial charge in [0.25, 0.3) is 5.91 Å². The van der Waals surface area contributed by atoms with E-state index in [1.807, 2.05) is 24.1 Å². The molecule has 1 atom stereocenters. The van der Waals surface area contributed by atoms with Gasteiger partial charge in [-0.1, -0.05) is 12.1 Å². The normalized spacial score (nSPS) is 14.7. The Morgan fingerprint density at radius 2 is 1.77 bits per heavy atom. The van der Waals surface area contributed by atoms with Crippen LogP contribution in [-0.2, 0) is 4.79 Å². The van der Waals surface area contributed by atoms with Crippen LogP contribution >= 0.6 is 0 Å². The zero-order valence-electron chi connectivity index (χ0n) is 14.8. The molecule has 2 aromatic carbocycles. The SMILES string of the molecule is CC1=NN(c2ccc(C(=O)Nc3ccc(C(C)C(=O)O)cc3)cc2)CC1. The van der Waals surface area contributed by atoms with Crippen molar-refractivity contribution in [2.24, 2.45) is 5.10 Å². The second kappa shape index (κ2) is 7.39. The summed E-state index contributed by atoms with van der Waals surface area (Å²) in [5, 5.41) is 18.2. The maximum Gasteiger partial charge on any atom is 0.310 e. The van der Waals surface area contributed by atoms with Crippen molar-refractivity contribution >= 4 is 29.0 Å². The van der Waals surface area contributed by atoms with Crippen molar-refractivity contribution in [1.29, 1.82) is 0 Å². The molecule has 2 N–H and O–H groups in total. The van der Waals surface area contributed by atoms with Gasteiger partial charge in [0, 0.05) is 29.9 Å². The van der Waals surface area contributed by atoms with Crippen LogP contribution in [0.1, 0.15) is 42.1 Å². The van der Waals surface area contributed by atoms with Gasteiger partial charge in [-0.3, -0.25) is 14.6 Å². The molecule has 1 aliphatic rings. The van der Waals surface area contributed by atoms with E-state index in [4.69, 9.17) is 5.11 Å². The molecular formula is C20H21N3O3. The Bertz CT molecular complexity index is 842. The maximum atomic E-state index is 12.4. The quantitative estimate of drug-likeness (QED) is 0.860. The number of nitrogens with zero attached hydrogens (tertiary/aromatic N) is 2. The van der Waals surface area contributed by atoms with Gasteiger partial charge in [-0.2, -0.15) is 5.10 Å². The topological polar surface area (TPSA) is 82.0 Å². The van der Waals surface area contributed by atoms with Crippen LogP contribution in [0.3, 0.4) is 0 Å². The fourth-order valence-electron chi connectivity index (χ4n) is 2.75. The van der Waals surface area contributed by atoms with Crippen LogP contribution in [0.2, 0.25) is 0 Å². The second-order valence-corrected chi connectivity index (χ2v) is 6.39. The Labute approximate surface area is 152 Å². The summed E-state index contributed by atoms with van der Waals surface area (Å²) in [6.07, 6.45) is 0.957. The molecule has 0 spiro atoms. The fourth-order valence-corrected chi connectivity index (χ4v) is 2.75. The number of carbonyl (C=O) groups excluding carboxylic acids is 1. The molecule has 1 amide bonds. The molecule has 6 nitrogen and oxygen atoms in total. The van der Waals surface area contributed by atoms with Crippen LogP contribution in [0.15, 0.2) is 53.6 Å². The molecule has 0 bridgehead atoms. The fraction of sp³-hybridized carbons (Fsp3) is 0.250. The summed E-state index contributed by atoms with van der Waals surface area (Å²) in [7, 11) is 0. The molecule has 0 aromatic heterocycles. The van der Waals surface area contributed by atoms with Gasteiger partial charge in [-0.15, -0.1) is 0 Å². The molecule has 0 aliphatic carbocycles. The predicted molar refractivity (Wildman–Crippen MR) is 102 cm³/mol. The lowest BCUT2D eigenvalue weighted by molar-refractivity contribution is -0.138. The van der Waals surface area contributed by atoms with Gasteiger partial charge in [-0.25, -0.2) is 0 Å². The van der Waals surface area contributed by atoms with Crippen LogP contribution in [-0.4, -0.2) is 29.2 Å². The number of anilines is 2. The smallest absolute Gasteiger partial charge is 0.310 e. The third-order valence-electron chi connectivity index (χ3n) is 4.44. The van der Waals surface area contributed by atoms with Crippen LogP contribution in [0.4, 0.5) is 11.4 Å². The molecule has 2 aromatic rings. The van der Waals surface area contributed by atoms with Gasteiger partial charge < -0.3 is 10.4 Å². The molecule has 0 fully saturated rings. The number of carboxylic acids is 1. The highest BCUT2D eigenvalue weighted by molar-refractivity contribution is 6.04. The van der Waals surface area contributed by atoms with Crippen LogP contribution in [0.5, 0.6) is 0 Å². The number of hydrogen-bond donors (Lipinski definition) is 2. The van der Waals surface area contributed by atoms with Crippen molar-refractivity contribution < 1.29 is 14.7 Å². The summed E-state index contributed by atoms with van der Waals surface area (Å²) < 4.78 is 0. The van der Waals surface area contributed by atoms with E-state index in [1.165, 1.54) is 0 Å². The van der Waals surface area contributed by atoms with Crippen molar-refractivity contribution in [2.45, 2.75) is 26.2 Å². The number of rotatable bonds is 5. The summed E-state index contributed by atoms with van der Waals surface area (Å²) in [5.74, 6) is -1.67. The van der Waals surface area contributed by atoms with Crippen LogP contribution in [0, 0.1) is 0 Å². The van der Waals surface area contributed by atoms with Gasteiger partial charge >= 0.3 is 5.97 Å². The lowest BCUT2D eigenvalue weighted by atomic mass is 10.0. The van der Waals surface area contributed by atoms with Gasteiger partial charge in [0.1, 0.15) is 0 Å². The van der Waals surface area contributed by atoms with Gasteiger partial charge in [0.05, 0.1) is 11.6 Å². The Morgan fingerprint density at radius 1 is 1.12 bits per heavy atom. The monoisotopic (exact) mass is 351 g/mol. The lowest BCUT2D eigenvalue weighted by Gasteiger charge is -2.14. The van der Waals surface area contributed by atoms with Crippen LogP contribution in [0.25, 0.3) is 0 Å². The average molecular weight is 351 g/mol. The highest BCUT2D eigenvalue weighted by Crippen LogP contribution is 2.21. The second-order valence-electron chi connectivity index (χ2n) is 6.39. The highest BCUT2D eigenvalue weighted by atomic mass is 16.4. The first-order chi connectivity index (χ1) is 12.4. The molecule has 1 unspecified atom stereocenters. The third-order valence-corrected chi connectivity index (χ3v) is 4.44. The number of hydrazone groups is 1. The van der Waals surface area contributed by atoms with Crippen molar-refractivity contribution in [3.05, 3.63) is 59.7 Å². The molecule has 3 rings (SSSR count).